The number of hydrogen-bond donors (Lipinski definition) is 1. The van der Waals surface area contributed by atoms with E-state index in [0.717, 1.165) is 6.42 Å². The molecule has 1 N–H and O–H groups in total. The molecule has 4 heteroatoms. The molecule has 0 aliphatic carbocycles. The Hall–Kier alpha value is -0.610. The van der Waals surface area contributed by atoms with Gasteiger partial charge < -0.3 is 14.6 Å². The first-order valence-electron chi connectivity index (χ1n) is 4.63. The van der Waals surface area contributed by atoms with Crippen molar-refractivity contribution in [3.63, 3.8) is 0 Å². The first-order valence-corrected chi connectivity index (χ1v) is 4.63. The Balaban J connectivity index is 2.21. The highest BCUT2D eigenvalue weighted by Gasteiger charge is 2.46. The molecule has 0 saturated carbocycles. The molecule has 2 aliphatic heterocycles. The van der Waals surface area contributed by atoms with Crippen molar-refractivity contribution >= 4 is 5.97 Å². The van der Waals surface area contributed by atoms with E-state index in [-0.39, 0.29) is 12.0 Å². The highest BCUT2D eigenvalue weighted by atomic mass is 16.7. The van der Waals surface area contributed by atoms with E-state index in [2.05, 4.69) is 0 Å². The van der Waals surface area contributed by atoms with Crippen molar-refractivity contribution in [2.24, 2.45) is 11.8 Å². The summed E-state index contributed by atoms with van der Waals surface area (Å²) in [4.78, 5) is 11.2. The molecule has 2 fully saturated rings. The summed E-state index contributed by atoms with van der Waals surface area (Å²) in [5.74, 6) is -0.371. The minimum absolute atomic E-state index is 0.0496. The van der Waals surface area contributed by atoms with E-state index < -0.39 is 18.4 Å². The second-order valence-electron chi connectivity index (χ2n) is 3.98. The third kappa shape index (κ3) is 1.34. The number of hydrogen-bond acceptors (Lipinski definition) is 4. The van der Waals surface area contributed by atoms with Crippen LogP contribution in [0.4, 0.5) is 0 Å². The number of aliphatic hydroxyl groups excluding tert-OH is 1. The van der Waals surface area contributed by atoms with E-state index >= 15 is 0 Å². The second kappa shape index (κ2) is 2.96. The van der Waals surface area contributed by atoms with Crippen LogP contribution in [0.3, 0.4) is 0 Å². The largest absolute Gasteiger partial charge is 0.434 e. The van der Waals surface area contributed by atoms with Crippen LogP contribution >= 0.6 is 0 Å². The first kappa shape index (κ1) is 8.97. The van der Waals surface area contributed by atoms with Crippen LogP contribution in [0.5, 0.6) is 0 Å². The molecule has 2 saturated heterocycles. The summed E-state index contributed by atoms with van der Waals surface area (Å²) in [6.45, 7) is 3.87. The van der Waals surface area contributed by atoms with Gasteiger partial charge in [0, 0.05) is 12.3 Å². The van der Waals surface area contributed by atoms with Gasteiger partial charge in [0.2, 0.25) is 6.29 Å². The number of carbonyl (C=O) groups excluding carboxylic acids is 1. The molecule has 2 rings (SSSR count). The highest BCUT2D eigenvalue weighted by molar-refractivity contribution is 5.75. The minimum atomic E-state index is -1.03. The maximum atomic E-state index is 11.2. The van der Waals surface area contributed by atoms with Gasteiger partial charge in [-0.25, -0.2) is 4.79 Å². The minimum Gasteiger partial charge on any atom is -0.434 e. The van der Waals surface area contributed by atoms with Gasteiger partial charge in [0.25, 0.3) is 0 Å². The van der Waals surface area contributed by atoms with Gasteiger partial charge in [-0.1, -0.05) is 13.8 Å². The molecule has 0 aromatic carbocycles. The molecular formula is C9H14O4. The molecule has 0 aromatic heterocycles. The van der Waals surface area contributed by atoms with E-state index in [0.29, 0.717) is 5.92 Å². The number of fused-ring (bicyclic) bond motifs is 2. The van der Waals surface area contributed by atoms with Crippen molar-refractivity contribution in [2.75, 3.05) is 0 Å². The maximum absolute atomic E-state index is 11.2. The third-order valence-corrected chi connectivity index (χ3v) is 2.94. The van der Waals surface area contributed by atoms with Crippen molar-refractivity contribution < 1.29 is 19.4 Å². The Morgan fingerprint density at radius 1 is 1.46 bits per heavy atom. The Morgan fingerprint density at radius 3 is 2.85 bits per heavy atom. The molecule has 0 amide bonds. The van der Waals surface area contributed by atoms with Gasteiger partial charge in [-0.2, -0.15) is 0 Å². The van der Waals surface area contributed by atoms with Gasteiger partial charge in [0.05, 0.1) is 6.10 Å². The van der Waals surface area contributed by atoms with Gasteiger partial charge in [0.1, 0.15) is 0 Å². The van der Waals surface area contributed by atoms with Crippen LogP contribution < -0.4 is 0 Å². The predicted octanol–water partition coefficient (Wildman–Crippen LogP) is 0.291. The molecule has 74 valence electrons. The van der Waals surface area contributed by atoms with Gasteiger partial charge in [0.15, 0.2) is 6.10 Å². The Bertz CT molecular complexity index is 228. The molecule has 4 nitrogen and oxygen atoms in total. The second-order valence-corrected chi connectivity index (χ2v) is 3.98. The van der Waals surface area contributed by atoms with Crippen LogP contribution in [0.25, 0.3) is 0 Å². The zero-order valence-corrected chi connectivity index (χ0v) is 7.77. The topological polar surface area (TPSA) is 55.8 Å². The summed E-state index contributed by atoms with van der Waals surface area (Å²) in [6, 6.07) is 0. The fraction of sp³-hybridized carbons (Fsp3) is 0.889. The van der Waals surface area contributed by atoms with E-state index in [9.17, 15) is 9.90 Å². The summed E-state index contributed by atoms with van der Waals surface area (Å²) in [5, 5.41) is 9.51. The summed E-state index contributed by atoms with van der Waals surface area (Å²) >= 11 is 0. The van der Waals surface area contributed by atoms with Crippen LogP contribution in [0, 0.1) is 11.8 Å². The SMILES string of the molecule is CC1CC2OC(=O)C(O)C(C)C1O2. The fourth-order valence-corrected chi connectivity index (χ4v) is 2.11. The third-order valence-electron chi connectivity index (χ3n) is 2.94. The summed E-state index contributed by atoms with van der Waals surface area (Å²) in [5.41, 5.74) is 0. The number of esters is 1. The van der Waals surface area contributed by atoms with Gasteiger partial charge in [-0.05, 0) is 5.92 Å². The Labute approximate surface area is 76.8 Å². The van der Waals surface area contributed by atoms with Gasteiger partial charge >= 0.3 is 5.97 Å². The van der Waals surface area contributed by atoms with Crippen molar-refractivity contribution in [3.8, 4) is 0 Å². The zero-order chi connectivity index (χ0) is 9.59. The van der Waals surface area contributed by atoms with Crippen molar-refractivity contribution in [1.29, 1.82) is 0 Å². The number of ether oxygens (including phenoxy) is 2. The predicted molar refractivity (Wildman–Crippen MR) is 43.7 cm³/mol. The lowest BCUT2D eigenvalue weighted by molar-refractivity contribution is -0.173. The molecule has 2 heterocycles. The van der Waals surface area contributed by atoms with Crippen LogP contribution in [0.2, 0.25) is 0 Å². The highest BCUT2D eigenvalue weighted by Crippen LogP contribution is 2.36. The van der Waals surface area contributed by atoms with E-state index in [1.165, 1.54) is 0 Å². The van der Waals surface area contributed by atoms with E-state index in [4.69, 9.17) is 9.47 Å². The summed E-state index contributed by atoms with van der Waals surface area (Å²) in [6.07, 6.45) is -0.774. The molecule has 0 radical (unpaired) electrons. The van der Waals surface area contributed by atoms with Gasteiger partial charge in [-0.3, -0.25) is 0 Å². The number of rotatable bonds is 0. The molecular weight excluding hydrogens is 172 g/mol. The average Bonchev–Trinajstić information content (AvgIpc) is 2.39. The molecule has 5 atom stereocenters. The van der Waals surface area contributed by atoms with Crippen LogP contribution in [-0.4, -0.2) is 29.6 Å². The lowest BCUT2D eigenvalue weighted by atomic mass is 9.89. The lowest BCUT2D eigenvalue weighted by Gasteiger charge is -2.23. The molecule has 0 aromatic rings. The standard InChI is InChI=1S/C9H14O4/c1-4-3-6-12-8(4)5(2)7(10)9(11)13-6/h4-8,10H,3H2,1-2H3. The van der Waals surface area contributed by atoms with E-state index in [1.54, 1.807) is 0 Å². The zero-order valence-electron chi connectivity index (χ0n) is 7.77. The maximum Gasteiger partial charge on any atom is 0.337 e. The first-order chi connectivity index (χ1) is 6.09. The van der Waals surface area contributed by atoms with Crippen LogP contribution in [0.15, 0.2) is 0 Å². The molecule has 2 bridgehead atoms. The lowest BCUT2D eigenvalue weighted by Crippen LogP contribution is -2.37. The fourth-order valence-electron chi connectivity index (χ4n) is 2.11. The average molecular weight is 186 g/mol. The Kier molecular flexibility index (Phi) is 2.04. The smallest absolute Gasteiger partial charge is 0.337 e. The number of aliphatic hydroxyl groups is 1. The summed E-state index contributed by atoms with van der Waals surface area (Å²) < 4.78 is 10.4. The molecule has 0 spiro atoms. The molecule has 2 aliphatic rings. The monoisotopic (exact) mass is 186 g/mol. The number of carbonyl (C=O) groups is 1. The molecule has 5 unspecified atom stereocenters. The van der Waals surface area contributed by atoms with Crippen molar-refractivity contribution in [2.45, 2.75) is 38.8 Å². The van der Waals surface area contributed by atoms with Crippen molar-refractivity contribution in [3.05, 3.63) is 0 Å². The summed E-state index contributed by atoms with van der Waals surface area (Å²) in [7, 11) is 0. The van der Waals surface area contributed by atoms with Crippen LogP contribution in [0.1, 0.15) is 20.3 Å². The molecule has 13 heavy (non-hydrogen) atoms. The Morgan fingerprint density at radius 2 is 2.15 bits per heavy atom. The van der Waals surface area contributed by atoms with Crippen molar-refractivity contribution in [1.82, 2.24) is 0 Å². The van der Waals surface area contributed by atoms with Crippen LogP contribution in [-0.2, 0) is 14.3 Å². The normalized spacial score (nSPS) is 50.1. The van der Waals surface area contributed by atoms with Gasteiger partial charge in [-0.15, -0.1) is 0 Å². The quantitative estimate of drug-likeness (QED) is 0.552. The van der Waals surface area contributed by atoms with E-state index in [1.807, 2.05) is 13.8 Å².